The highest BCUT2D eigenvalue weighted by atomic mass is 35.5. The molecular formula is C21H19ClN4O3S. The first-order valence-electron chi connectivity index (χ1n) is 9.48. The number of aromatic nitrogens is 2. The van der Waals surface area contributed by atoms with Gasteiger partial charge in [0.2, 0.25) is 11.0 Å². The van der Waals surface area contributed by atoms with Crippen molar-refractivity contribution in [2.75, 3.05) is 18.5 Å². The van der Waals surface area contributed by atoms with Crippen molar-refractivity contribution in [1.29, 1.82) is 0 Å². The number of carbonyl (C=O) groups excluding carboxylic acids is 2. The predicted octanol–water partition coefficient (Wildman–Crippen LogP) is 3.87. The number of ether oxygens (including phenoxy) is 1. The molecule has 0 saturated carbocycles. The van der Waals surface area contributed by atoms with Gasteiger partial charge in [-0.15, -0.1) is 10.2 Å². The molecule has 1 N–H and O–H groups in total. The molecule has 1 atom stereocenters. The lowest BCUT2D eigenvalue weighted by molar-refractivity contribution is -0.138. The van der Waals surface area contributed by atoms with E-state index in [1.165, 1.54) is 11.3 Å². The Kier molecular flexibility index (Phi) is 6.25. The number of para-hydroxylation sites is 1. The quantitative estimate of drug-likeness (QED) is 0.626. The van der Waals surface area contributed by atoms with Crippen LogP contribution in [0.4, 0.5) is 5.13 Å². The standard InChI is InChI=1S/C21H19ClN4O3S/c22-15-10-8-14(9-11-15)20-24-25-21(30-20)23-19(28)17-7-4-12-26(17)18(27)13-29-16-5-2-1-3-6-16/h1-3,5-6,8-11,17H,4,7,12-13H2,(H,23,25,28). The molecular weight excluding hydrogens is 424 g/mol. The number of nitrogens with one attached hydrogen (secondary N) is 1. The third kappa shape index (κ3) is 4.77. The number of hydrogen-bond donors (Lipinski definition) is 1. The SMILES string of the molecule is O=C(Nc1nnc(-c2ccc(Cl)cc2)s1)C1CCCN1C(=O)COc1ccccc1. The molecule has 2 heterocycles. The Morgan fingerprint density at radius 1 is 1.13 bits per heavy atom. The molecule has 1 aliphatic rings. The summed E-state index contributed by atoms with van der Waals surface area (Å²) in [4.78, 5) is 26.9. The fraction of sp³-hybridized carbons (Fsp3) is 0.238. The van der Waals surface area contributed by atoms with Crippen LogP contribution in [0.15, 0.2) is 54.6 Å². The highest BCUT2D eigenvalue weighted by molar-refractivity contribution is 7.18. The van der Waals surface area contributed by atoms with Gasteiger partial charge in [-0.3, -0.25) is 14.9 Å². The van der Waals surface area contributed by atoms with E-state index in [9.17, 15) is 9.59 Å². The first kappa shape index (κ1) is 20.3. The van der Waals surface area contributed by atoms with Crippen LogP contribution in [0.3, 0.4) is 0 Å². The molecule has 2 aromatic carbocycles. The molecule has 1 aliphatic heterocycles. The van der Waals surface area contributed by atoms with Crippen LogP contribution in [-0.4, -0.2) is 46.1 Å². The van der Waals surface area contributed by atoms with Crippen molar-refractivity contribution in [3.8, 4) is 16.3 Å². The molecule has 1 unspecified atom stereocenters. The van der Waals surface area contributed by atoms with Gasteiger partial charge in [-0.2, -0.15) is 0 Å². The van der Waals surface area contributed by atoms with Gasteiger partial charge in [-0.1, -0.05) is 53.3 Å². The average Bonchev–Trinajstić information content (AvgIpc) is 3.43. The number of amides is 2. The van der Waals surface area contributed by atoms with E-state index >= 15 is 0 Å². The Bertz CT molecular complexity index is 1030. The van der Waals surface area contributed by atoms with E-state index in [0.717, 1.165) is 12.0 Å². The number of rotatable bonds is 6. The molecule has 1 saturated heterocycles. The van der Waals surface area contributed by atoms with Gasteiger partial charge in [0, 0.05) is 17.1 Å². The maximum Gasteiger partial charge on any atom is 0.261 e. The maximum absolute atomic E-state index is 12.8. The number of anilines is 1. The van der Waals surface area contributed by atoms with Gasteiger partial charge in [0.05, 0.1) is 0 Å². The van der Waals surface area contributed by atoms with Gasteiger partial charge in [0.25, 0.3) is 5.91 Å². The highest BCUT2D eigenvalue weighted by Crippen LogP contribution is 2.28. The topological polar surface area (TPSA) is 84.4 Å². The maximum atomic E-state index is 12.8. The van der Waals surface area contributed by atoms with E-state index in [1.54, 1.807) is 29.2 Å². The molecule has 30 heavy (non-hydrogen) atoms. The zero-order valence-corrected chi connectivity index (χ0v) is 17.5. The third-order valence-corrected chi connectivity index (χ3v) is 5.87. The van der Waals surface area contributed by atoms with E-state index in [4.69, 9.17) is 16.3 Å². The van der Waals surface area contributed by atoms with Crippen LogP contribution in [0.2, 0.25) is 5.02 Å². The first-order chi connectivity index (χ1) is 14.6. The summed E-state index contributed by atoms with van der Waals surface area (Å²) in [5.74, 6) is 0.143. The zero-order chi connectivity index (χ0) is 20.9. The number of hydrogen-bond acceptors (Lipinski definition) is 6. The summed E-state index contributed by atoms with van der Waals surface area (Å²) >= 11 is 7.18. The van der Waals surface area contributed by atoms with Gasteiger partial charge in [-0.05, 0) is 37.1 Å². The van der Waals surface area contributed by atoms with Crippen molar-refractivity contribution < 1.29 is 14.3 Å². The Hall–Kier alpha value is -2.97. The highest BCUT2D eigenvalue weighted by Gasteiger charge is 2.34. The summed E-state index contributed by atoms with van der Waals surface area (Å²) in [5, 5.41) is 12.7. The second-order valence-electron chi connectivity index (χ2n) is 6.76. The summed E-state index contributed by atoms with van der Waals surface area (Å²) in [6.45, 7) is 0.425. The first-order valence-corrected chi connectivity index (χ1v) is 10.7. The molecule has 7 nitrogen and oxygen atoms in total. The molecule has 0 spiro atoms. The Morgan fingerprint density at radius 3 is 2.67 bits per heavy atom. The van der Waals surface area contributed by atoms with E-state index in [2.05, 4.69) is 15.5 Å². The average molecular weight is 443 g/mol. The monoisotopic (exact) mass is 442 g/mol. The van der Waals surface area contributed by atoms with Crippen LogP contribution in [0.1, 0.15) is 12.8 Å². The number of nitrogens with zero attached hydrogens (tertiary/aromatic N) is 3. The number of halogens is 1. The van der Waals surface area contributed by atoms with Crippen molar-refractivity contribution in [3.05, 3.63) is 59.6 Å². The lowest BCUT2D eigenvalue weighted by atomic mass is 10.2. The molecule has 1 fully saturated rings. The number of likely N-dealkylation sites (tertiary alicyclic amines) is 1. The second kappa shape index (κ2) is 9.23. The van der Waals surface area contributed by atoms with Crippen molar-refractivity contribution in [2.45, 2.75) is 18.9 Å². The number of carbonyl (C=O) groups is 2. The van der Waals surface area contributed by atoms with Crippen LogP contribution >= 0.6 is 22.9 Å². The van der Waals surface area contributed by atoms with Crippen LogP contribution in [0.25, 0.3) is 10.6 Å². The van der Waals surface area contributed by atoms with Gasteiger partial charge in [0.1, 0.15) is 16.8 Å². The second-order valence-corrected chi connectivity index (χ2v) is 8.17. The summed E-state index contributed by atoms with van der Waals surface area (Å²) < 4.78 is 5.53. The smallest absolute Gasteiger partial charge is 0.261 e. The zero-order valence-electron chi connectivity index (χ0n) is 16.0. The molecule has 4 rings (SSSR count). The van der Waals surface area contributed by atoms with Crippen molar-refractivity contribution in [1.82, 2.24) is 15.1 Å². The minimum absolute atomic E-state index is 0.104. The molecule has 3 aromatic rings. The van der Waals surface area contributed by atoms with Gasteiger partial charge in [0.15, 0.2) is 6.61 Å². The summed E-state index contributed by atoms with van der Waals surface area (Å²) in [6.07, 6.45) is 1.37. The molecule has 0 radical (unpaired) electrons. The van der Waals surface area contributed by atoms with Crippen LogP contribution in [0, 0.1) is 0 Å². The largest absolute Gasteiger partial charge is 0.484 e. The van der Waals surface area contributed by atoms with E-state index in [-0.39, 0.29) is 18.4 Å². The minimum atomic E-state index is -0.542. The molecule has 9 heteroatoms. The lowest BCUT2D eigenvalue weighted by Crippen LogP contribution is -2.45. The predicted molar refractivity (Wildman–Crippen MR) is 116 cm³/mol. The lowest BCUT2D eigenvalue weighted by Gasteiger charge is -2.23. The van der Waals surface area contributed by atoms with Crippen molar-refractivity contribution in [2.24, 2.45) is 0 Å². The molecule has 0 aliphatic carbocycles. The fourth-order valence-electron chi connectivity index (χ4n) is 3.25. The van der Waals surface area contributed by atoms with Crippen molar-refractivity contribution >= 4 is 39.9 Å². The molecule has 2 amide bonds. The molecule has 154 valence electrons. The summed E-state index contributed by atoms with van der Waals surface area (Å²) in [5.41, 5.74) is 0.869. The van der Waals surface area contributed by atoms with Crippen LogP contribution < -0.4 is 10.1 Å². The molecule has 0 bridgehead atoms. The number of benzene rings is 2. The van der Waals surface area contributed by atoms with Crippen LogP contribution in [-0.2, 0) is 9.59 Å². The van der Waals surface area contributed by atoms with E-state index < -0.39 is 6.04 Å². The fourth-order valence-corrected chi connectivity index (χ4v) is 4.13. The molecule has 1 aromatic heterocycles. The van der Waals surface area contributed by atoms with Crippen LogP contribution in [0.5, 0.6) is 5.75 Å². The van der Waals surface area contributed by atoms with Crippen molar-refractivity contribution in [3.63, 3.8) is 0 Å². The van der Waals surface area contributed by atoms with Gasteiger partial charge >= 0.3 is 0 Å². The Balaban J connectivity index is 1.36. The van der Waals surface area contributed by atoms with Gasteiger partial charge in [-0.25, -0.2) is 0 Å². The Morgan fingerprint density at radius 2 is 1.90 bits per heavy atom. The van der Waals surface area contributed by atoms with E-state index in [1.807, 2.05) is 30.3 Å². The Labute approximate surface area is 182 Å². The van der Waals surface area contributed by atoms with E-state index in [0.29, 0.717) is 33.9 Å². The van der Waals surface area contributed by atoms with Gasteiger partial charge < -0.3 is 9.64 Å². The summed E-state index contributed by atoms with van der Waals surface area (Å²) in [6, 6.07) is 15.8. The third-order valence-electron chi connectivity index (χ3n) is 4.73. The normalized spacial score (nSPS) is 15.8. The minimum Gasteiger partial charge on any atom is -0.484 e. The summed E-state index contributed by atoms with van der Waals surface area (Å²) in [7, 11) is 0.